The first-order valence-corrected chi connectivity index (χ1v) is 5.64. The maximum atomic E-state index is 11.5. The second kappa shape index (κ2) is 7.46. The Labute approximate surface area is 93.5 Å². The van der Waals surface area contributed by atoms with Gasteiger partial charge in [-0.2, -0.15) is 0 Å². The number of nitrogens with zero attached hydrogens (tertiary/aromatic N) is 1. The summed E-state index contributed by atoms with van der Waals surface area (Å²) >= 11 is 0. The van der Waals surface area contributed by atoms with Gasteiger partial charge in [-0.05, 0) is 34.2 Å². The lowest BCUT2D eigenvalue weighted by Crippen LogP contribution is -2.36. The van der Waals surface area contributed by atoms with Gasteiger partial charge in [0.1, 0.15) is 0 Å². The quantitative estimate of drug-likeness (QED) is 0.681. The van der Waals surface area contributed by atoms with E-state index in [0.717, 1.165) is 18.5 Å². The Morgan fingerprint density at radius 3 is 2.53 bits per heavy atom. The van der Waals surface area contributed by atoms with Crippen LogP contribution in [0.2, 0.25) is 0 Å². The molecule has 0 aromatic rings. The Kier molecular flexibility index (Phi) is 7.05. The summed E-state index contributed by atoms with van der Waals surface area (Å²) in [6.07, 6.45) is 2.85. The maximum absolute atomic E-state index is 11.5. The molecule has 0 aliphatic carbocycles. The molecule has 0 aromatic carbocycles. The third kappa shape index (κ3) is 6.28. The van der Waals surface area contributed by atoms with E-state index in [4.69, 9.17) is 0 Å². The Bertz CT molecular complexity index is 222. The van der Waals surface area contributed by atoms with E-state index in [9.17, 15) is 4.79 Å². The average Bonchev–Trinajstić information content (AvgIpc) is 2.17. The number of nitrogens with one attached hydrogen (secondary N) is 1. The largest absolute Gasteiger partial charge is 0.351 e. The van der Waals surface area contributed by atoms with Gasteiger partial charge in [0.05, 0.1) is 0 Å². The first kappa shape index (κ1) is 14.2. The van der Waals surface area contributed by atoms with Crippen molar-refractivity contribution in [1.82, 2.24) is 10.2 Å². The summed E-state index contributed by atoms with van der Waals surface area (Å²) in [4.78, 5) is 13.7. The van der Waals surface area contributed by atoms with Crippen molar-refractivity contribution in [1.29, 1.82) is 0 Å². The molecular formula is C12H24N2O. The summed E-state index contributed by atoms with van der Waals surface area (Å²) in [5, 5.41) is 2.90. The number of hydrogen-bond donors (Lipinski definition) is 1. The van der Waals surface area contributed by atoms with E-state index in [1.807, 2.05) is 19.9 Å². The molecule has 0 spiro atoms. The van der Waals surface area contributed by atoms with Gasteiger partial charge in [-0.3, -0.25) is 4.79 Å². The monoisotopic (exact) mass is 212 g/mol. The van der Waals surface area contributed by atoms with E-state index in [2.05, 4.69) is 31.1 Å². The minimum absolute atomic E-state index is 0.0500. The van der Waals surface area contributed by atoms with Crippen molar-refractivity contribution < 1.29 is 4.79 Å². The molecule has 1 amide bonds. The van der Waals surface area contributed by atoms with E-state index in [0.29, 0.717) is 12.6 Å². The number of likely N-dealkylation sites (N-methyl/N-ethyl adjacent to an activating group) is 1. The van der Waals surface area contributed by atoms with Crippen LogP contribution in [0.15, 0.2) is 11.6 Å². The second-order valence-electron chi connectivity index (χ2n) is 4.13. The highest BCUT2D eigenvalue weighted by molar-refractivity contribution is 5.92. The maximum Gasteiger partial charge on any atom is 0.246 e. The van der Waals surface area contributed by atoms with Gasteiger partial charge in [-0.15, -0.1) is 0 Å². The van der Waals surface area contributed by atoms with E-state index in [1.54, 1.807) is 0 Å². The van der Waals surface area contributed by atoms with E-state index >= 15 is 0 Å². The molecule has 0 atom stereocenters. The van der Waals surface area contributed by atoms with Crippen LogP contribution in [-0.4, -0.2) is 37.0 Å². The summed E-state index contributed by atoms with van der Waals surface area (Å²) in [6, 6.07) is 0.522. The minimum Gasteiger partial charge on any atom is -0.351 e. The summed E-state index contributed by atoms with van der Waals surface area (Å²) in [7, 11) is 2.06. The van der Waals surface area contributed by atoms with Gasteiger partial charge < -0.3 is 10.2 Å². The Morgan fingerprint density at radius 2 is 2.07 bits per heavy atom. The molecule has 88 valence electrons. The number of allylic oxidation sites excluding steroid dienone is 1. The standard InChI is InChI=1S/C12H24N2O/c1-6-7-11(4)12(15)13-8-9-14(5)10(2)3/h7,10H,6,8-9H2,1-5H3,(H,13,15)/b11-7+. The summed E-state index contributed by atoms with van der Waals surface area (Å²) < 4.78 is 0. The zero-order valence-electron chi connectivity index (χ0n) is 10.6. The molecule has 0 aliphatic heterocycles. The van der Waals surface area contributed by atoms with Crippen molar-refractivity contribution in [2.75, 3.05) is 20.1 Å². The van der Waals surface area contributed by atoms with Crippen LogP contribution in [0.1, 0.15) is 34.1 Å². The Balaban J connectivity index is 3.78. The summed E-state index contributed by atoms with van der Waals surface area (Å²) in [5.41, 5.74) is 0.810. The highest BCUT2D eigenvalue weighted by Gasteiger charge is 2.05. The molecule has 0 fully saturated rings. The molecule has 1 N–H and O–H groups in total. The molecule has 0 heterocycles. The van der Waals surface area contributed by atoms with Gasteiger partial charge in [0, 0.05) is 24.7 Å². The van der Waals surface area contributed by atoms with E-state index in [-0.39, 0.29) is 5.91 Å². The van der Waals surface area contributed by atoms with Crippen LogP contribution in [0.3, 0.4) is 0 Å². The molecule has 15 heavy (non-hydrogen) atoms. The molecule has 3 nitrogen and oxygen atoms in total. The highest BCUT2D eigenvalue weighted by Crippen LogP contribution is 1.95. The molecule has 0 saturated heterocycles. The van der Waals surface area contributed by atoms with Crippen LogP contribution in [0.5, 0.6) is 0 Å². The van der Waals surface area contributed by atoms with Crippen molar-refractivity contribution in [3.05, 3.63) is 11.6 Å². The Hall–Kier alpha value is -0.830. The zero-order valence-corrected chi connectivity index (χ0v) is 10.6. The van der Waals surface area contributed by atoms with Crippen LogP contribution in [0.25, 0.3) is 0 Å². The van der Waals surface area contributed by atoms with Crippen LogP contribution < -0.4 is 5.32 Å². The van der Waals surface area contributed by atoms with Crippen LogP contribution in [0.4, 0.5) is 0 Å². The first-order valence-electron chi connectivity index (χ1n) is 5.64. The lowest BCUT2D eigenvalue weighted by Gasteiger charge is -2.20. The fourth-order valence-electron chi connectivity index (χ4n) is 1.14. The predicted molar refractivity (Wildman–Crippen MR) is 64.8 cm³/mol. The van der Waals surface area contributed by atoms with E-state index < -0.39 is 0 Å². The van der Waals surface area contributed by atoms with Gasteiger partial charge in [0.25, 0.3) is 0 Å². The molecule has 3 heteroatoms. The van der Waals surface area contributed by atoms with Crippen LogP contribution in [0, 0.1) is 0 Å². The number of carbonyl (C=O) groups is 1. The lowest BCUT2D eigenvalue weighted by atomic mass is 10.2. The molecule has 0 rings (SSSR count). The molecule has 0 saturated carbocycles. The SMILES string of the molecule is CC/C=C(\C)C(=O)NCCN(C)C(C)C. The van der Waals surface area contributed by atoms with Crippen molar-refractivity contribution in [2.45, 2.75) is 40.2 Å². The van der Waals surface area contributed by atoms with Crippen molar-refractivity contribution >= 4 is 5.91 Å². The third-order valence-electron chi connectivity index (χ3n) is 2.50. The number of rotatable bonds is 6. The molecule has 0 bridgehead atoms. The number of carbonyl (C=O) groups excluding carboxylic acids is 1. The molecule has 0 radical (unpaired) electrons. The molecular weight excluding hydrogens is 188 g/mol. The van der Waals surface area contributed by atoms with Gasteiger partial charge in [-0.1, -0.05) is 13.0 Å². The normalized spacial score (nSPS) is 12.3. The fourth-order valence-corrected chi connectivity index (χ4v) is 1.14. The first-order chi connectivity index (χ1) is 6.99. The van der Waals surface area contributed by atoms with Crippen LogP contribution in [-0.2, 0) is 4.79 Å². The lowest BCUT2D eigenvalue weighted by molar-refractivity contribution is -0.117. The molecule has 0 aliphatic rings. The van der Waals surface area contributed by atoms with Crippen molar-refractivity contribution in [2.24, 2.45) is 0 Å². The summed E-state index contributed by atoms with van der Waals surface area (Å²) in [5.74, 6) is 0.0500. The second-order valence-corrected chi connectivity index (χ2v) is 4.13. The van der Waals surface area contributed by atoms with E-state index in [1.165, 1.54) is 0 Å². The van der Waals surface area contributed by atoms with Crippen molar-refractivity contribution in [3.63, 3.8) is 0 Å². The highest BCUT2D eigenvalue weighted by atomic mass is 16.1. The Morgan fingerprint density at radius 1 is 1.47 bits per heavy atom. The molecule has 0 unspecified atom stereocenters. The third-order valence-corrected chi connectivity index (χ3v) is 2.50. The smallest absolute Gasteiger partial charge is 0.246 e. The fraction of sp³-hybridized carbons (Fsp3) is 0.750. The van der Waals surface area contributed by atoms with Gasteiger partial charge in [0.15, 0.2) is 0 Å². The van der Waals surface area contributed by atoms with Gasteiger partial charge >= 0.3 is 0 Å². The zero-order chi connectivity index (χ0) is 11.8. The van der Waals surface area contributed by atoms with Crippen molar-refractivity contribution in [3.8, 4) is 0 Å². The van der Waals surface area contributed by atoms with Crippen LogP contribution >= 0.6 is 0 Å². The topological polar surface area (TPSA) is 32.3 Å². The predicted octanol–water partition coefficient (Wildman–Crippen LogP) is 1.80. The molecule has 0 aromatic heterocycles. The minimum atomic E-state index is 0.0500. The number of hydrogen-bond acceptors (Lipinski definition) is 2. The van der Waals surface area contributed by atoms with Gasteiger partial charge in [0.2, 0.25) is 5.91 Å². The van der Waals surface area contributed by atoms with Gasteiger partial charge in [-0.25, -0.2) is 0 Å². The summed E-state index contributed by atoms with van der Waals surface area (Å²) in [6.45, 7) is 9.77. The average molecular weight is 212 g/mol. The number of amides is 1.